The maximum atomic E-state index is 11.3. The van der Waals surface area contributed by atoms with Gasteiger partial charge < -0.3 is 4.57 Å². The van der Waals surface area contributed by atoms with Crippen molar-refractivity contribution in [1.82, 2.24) is 4.57 Å². The van der Waals surface area contributed by atoms with E-state index in [-0.39, 0.29) is 11.8 Å². The minimum atomic E-state index is -0.105. The van der Waals surface area contributed by atoms with Gasteiger partial charge in [-0.2, -0.15) is 0 Å². The Balaban J connectivity index is 2.40. The van der Waals surface area contributed by atoms with Crippen LogP contribution in [0.2, 0.25) is 0 Å². The Labute approximate surface area is 75.8 Å². The number of aryl methyl sites for hydroxylation is 1. The molecule has 1 aromatic rings. The third-order valence-corrected chi connectivity index (χ3v) is 2.20. The zero-order valence-corrected chi connectivity index (χ0v) is 7.36. The number of carbonyl (C=O) groups is 2. The predicted octanol–water partition coefficient (Wildman–Crippen LogP) is 0.678. The largest absolute Gasteiger partial charge is 0.337 e. The molecule has 13 heavy (non-hydrogen) atoms. The third kappa shape index (κ3) is 1.14. The van der Waals surface area contributed by atoms with Gasteiger partial charge in [0.15, 0.2) is 0 Å². The lowest BCUT2D eigenvalue weighted by Crippen LogP contribution is -2.30. The van der Waals surface area contributed by atoms with Crippen molar-refractivity contribution in [3.63, 3.8) is 0 Å². The molecule has 1 aliphatic rings. The molecule has 0 aliphatic carbocycles. The molecule has 0 unspecified atom stereocenters. The number of amides is 2. The van der Waals surface area contributed by atoms with Gasteiger partial charge in [-0.3, -0.25) is 9.59 Å². The minimum Gasteiger partial charge on any atom is -0.337 e. The summed E-state index contributed by atoms with van der Waals surface area (Å²) in [6.45, 7) is 0. The zero-order valence-electron chi connectivity index (χ0n) is 7.36. The molecule has 1 fully saturated rings. The molecule has 0 aromatic carbocycles. The molecule has 2 rings (SSSR count). The first-order valence-electron chi connectivity index (χ1n) is 4.17. The SMILES string of the molecule is Cn1cccc1N1C(=O)CCC1=O. The first-order chi connectivity index (χ1) is 6.20. The average Bonchev–Trinajstić information content (AvgIpc) is 2.60. The smallest absolute Gasteiger partial charge is 0.235 e. The van der Waals surface area contributed by atoms with Crippen molar-refractivity contribution in [3.05, 3.63) is 18.3 Å². The van der Waals surface area contributed by atoms with Crippen LogP contribution in [0, 0.1) is 0 Å². The Bertz CT molecular complexity index is 351. The second-order valence-corrected chi connectivity index (χ2v) is 3.10. The van der Waals surface area contributed by atoms with Crippen LogP contribution in [-0.4, -0.2) is 16.4 Å². The molecule has 0 spiro atoms. The highest BCUT2D eigenvalue weighted by Crippen LogP contribution is 2.21. The molecule has 4 nitrogen and oxygen atoms in total. The van der Waals surface area contributed by atoms with Crippen LogP contribution in [0.15, 0.2) is 18.3 Å². The minimum absolute atomic E-state index is 0.105. The van der Waals surface area contributed by atoms with E-state index < -0.39 is 0 Å². The lowest BCUT2D eigenvalue weighted by molar-refractivity contribution is -0.121. The number of nitrogens with zero attached hydrogens (tertiary/aromatic N) is 2. The molecule has 0 saturated carbocycles. The maximum absolute atomic E-state index is 11.3. The van der Waals surface area contributed by atoms with Crippen LogP contribution in [-0.2, 0) is 16.6 Å². The summed E-state index contributed by atoms with van der Waals surface area (Å²) >= 11 is 0. The number of carbonyl (C=O) groups excluding carboxylic acids is 2. The van der Waals surface area contributed by atoms with Crippen LogP contribution in [0.3, 0.4) is 0 Å². The normalized spacial score (nSPS) is 17.2. The predicted molar refractivity (Wildman–Crippen MR) is 47.1 cm³/mol. The van der Waals surface area contributed by atoms with E-state index >= 15 is 0 Å². The second-order valence-electron chi connectivity index (χ2n) is 3.10. The summed E-state index contributed by atoms with van der Waals surface area (Å²) in [5.41, 5.74) is 0. The Morgan fingerprint density at radius 1 is 1.23 bits per heavy atom. The molecule has 2 heterocycles. The van der Waals surface area contributed by atoms with Crippen LogP contribution in [0.25, 0.3) is 0 Å². The molecule has 1 aromatic heterocycles. The molecule has 68 valence electrons. The van der Waals surface area contributed by atoms with Crippen molar-refractivity contribution in [2.75, 3.05) is 4.90 Å². The average molecular weight is 178 g/mol. The van der Waals surface area contributed by atoms with Crippen LogP contribution >= 0.6 is 0 Å². The standard InChI is InChI=1S/C9H10N2O2/c1-10-6-2-3-7(10)11-8(12)4-5-9(11)13/h2-3,6H,4-5H2,1H3. The number of aromatic nitrogens is 1. The summed E-state index contributed by atoms with van der Waals surface area (Å²) in [6, 6.07) is 3.58. The summed E-state index contributed by atoms with van der Waals surface area (Å²) in [5, 5.41) is 0. The highest BCUT2D eigenvalue weighted by atomic mass is 16.2. The quantitative estimate of drug-likeness (QED) is 0.593. The van der Waals surface area contributed by atoms with Gasteiger partial charge in [0.25, 0.3) is 0 Å². The molecule has 0 atom stereocenters. The van der Waals surface area contributed by atoms with E-state index in [2.05, 4.69) is 0 Å². The monoisotopic (exact) mass is 178 g/mol. The number of hydrogen-bond donors (Lipinski definition) is 0. The van der Waals surface area contributed by atoms with E-state index in [0.29, 0.717) is 18.7 Å². The molecule has 1 saturated heterocycles. The van der Waals surface area contributed by atoms with Gasteiger partial charge in [0.1, 0.15) is 5.82 Å². The van der Waals surface area contributed by atoms with Gasteiger partial charge >= 0.3 is 0 Å². The van der Waals surface area contributed by atoms with E-state index in [0.717, 1.165) is 0 Å². The molecule has 0 radical (unpaired) electrons. The summed E-state index contributed by atoms with van der Waals surface area (Å²) in [7, 11) is 1.81. The van der Waals surface area contributed by atoms with Crippen molar-refractivity contribution in [1.29, 1.82) is 0 Å². The molecular weight excluding hydrogens is 168 g/mol. The Morgan fingerprint density at radius 2 is 1.85 bits per heavy atom. The van der Waals surface area contributed by atoms with Gasteiger partial charge in [0.2, 0.25) is 11.8 Å². The third-order valence-electron chi connectivity index (χ3n) is 2.20. The van der Waals surface area contributed by atoms with Crippen LogP contribution in [0.5, 0.6) is 0 Å². The maximum Gasteiger partial charge on any atom is 0.235 e. The summed E-state index contributed by atoms with van der Waals surface area (Å²) in [4.78, 5) is 23.9. The van der Waals surface area contributed by atoms with Gasteiger partial charge in [0.05, 0.1) is 0 Å². The molecule has 0 bridgehead atoms. The fourth-order valence-corrected chi connectivity index (χ4v) is 1.52. The molecule has 0 N–H and O–H groups in total. The Morgan fingerprint density at radius 3 is 2.31 bits per heavy atom. The highest BCUT2D eigenvalue weighted by Gasteiger charge is 2.31. The molecule has 2 amide bonds. The second kappa shape index (κ2) is 2.73. The van der Waals surface area contributed by atoms with Crippen molar-refractivity contribution in [3.8, 4) is 0 Å². The lowest BCUT2D eigenvalue weighted by Gasteiger charge is -2.13. The number of anilines is 1. The summed E-state index contributed by atoms with van der Waals surface area (Å²) in [6.07, 6.45) is 2.49. The van der Waals surface area contributed by atoms with Gasteiger partial charge in [-0.15, -0.1) is 0 Å². The van der Waals surface area contributed by atoms with E-state index in [4.69, 9.17) is 0 Å². The zero-order chi connectivity index (χ0) is 9.42. The van der Waals surface area contributed by atoms with Gasteiger partial charge in [-0.05, 0) is 12.1 Å². The lowest BCUT2D eigenvalue weighted by atomic mass is 10.4. The fraction of sp³-hybridized carbons (Fsp3) is 0.333. The summed E-state index contributed by atoms with van der Waals surface area (Å²) in [5.74, 6) is 0.450. The topological polar surface area (TPSA) is 42.3 Å². The van der Waals surface area contributed by atoms with E-state index in [1.165, 1.54) is 4.90 Å². The highest BCUT2D eigenvalue weighted by molar-refractivity contribution is 6.19. The van der Waals surface area contributed by atoms with Crippen LogP contribution in [0.1, 0.15) is 12.8 Å². The number of hydrogen-bond acceptors (Lipinski definition) is 2. The van der Waals surface area contributed by atoms with Crippen molar-refractivity contribution >= 4 is 17.6 Å². The molecular formula is C9H10N2O2. The van der Waals surface area contributed by atoms with E-state index in [1.807, 2.05) is 19.3 Å². The van der Waals surface area contributed by atoms with E-state index in [1.54, 1.807) is 10.6 Å². The van der Waals surface area contributed by atoms with Crippen molar-refractivity contribution in [2.24, 2.45) is 7.05 Å². The van der Waals surface area contributed by atoms with Gasteiger partial charge in [-0.1, -0.05) is 0 Å². The number of rotatable bonds is 1. The fourth-order valence-electron chi connectivity index (χ4n) is 1.52. The Hall–Kier alpha value is -1.58. The van der Waals surface area contributed by atoms with Crippen molar-refractivity contribution in [2.45, 2.75) is 12.8 Å². The Kier molecular flexibility index (Phi) is 1.69. The van der Waals surface area contributed by atoms with Gasteiger partial charge in [-0.25, -0.2) is 4.90 Å². The number of imide groups is 1. The van der Waals surface area contributed by atoms with Crippen LogP contribution < -0.4 is 4.90 Å². The summed E-state index contributed by atoms with van der Waals surface area (Å²) < 4.78 is 1.76. The molecule has 4 heteroatoms. The molecule has 1 aliphatic heterocycles. The van der Waals surface area contributed by atoms with Gasteiger partial charge in [0, 0.05) is 26.1 Å². The van der Waals surface area contributed by atoms with Crippen LogP contribution in [0.4, 0.5) is 5.82 Å². The van der Waals surface area contributed by atoms with Crippen molar-refractivity contribution < 1.29 is 9.59 Å². The first-order valence-corrected chi connectivity index (χ1v) is 4.17. The first kappa shape index (κ1) is 8.04. The van der Waals surface area contributed by atoms with E-state index in [9.17, 15) is 9.59 Å².